The largest absolute Gasteiger partial charge is 0.492 e. The first kappa shape index (κ1) is 16.9. The van der Waals surface area contributed by atoms with Crippen molar-refractivity contribution in [1.82, 2.24) is 0 Å². The van der Waals surface area contributed by atoms with E-state index < -0.39 is 30.0 Å². The number of nitrogen functional groups attached to an aromatic ring is 1. The Morgan fingerprint density at radius 3 is 2.23 bits per heavy atom. The summed E-state index contributed by atoms with van der Waals surface area (Å²) in [7, 11) is -0.805. The van der Waals surface area contributed by atoms with E-state index in [-0.39, 0.29) is 17.9 Å². The molecule has 4 nitrogen and oxygen atoms in total. The monoisotopic (exact) mass is 311 g/mol. The lowest BCUT2D eigenvalue weighted by molar-refractivity contribution is 0.00578. The summed E-state index contributed by atoms with van der Waals surface area (Å²) in [4.78, 5) is 0. The number of hydrogen-bond acceptors (Lipinski definition) is 4. The summed E-state index contributed by atoms with van der Waals surface area (Å²) < 4.78 is 38.6. The Morgan fingerprint density at radius 2 is 1.73 bits per heavy atom. The first-order valence-corrected chi connectivity index (χ1v) is 6.99. The molecule has 120 valence electrons. The molecule has 0 aromatic heterocycles. The van der Waals surface area contributed by atoms with Crippen LogP contribution in [0.5, 0.6) is 0 Å². The van der Waals surface area contributed by atoms with E-state index >= 15 is 0 Å². The summed E-state index contributed by atoms with van der Waals surface area (Å²) >= 11 is 0. The van der Waals surface area contributed by atoms with Gasteiger partial charge in [0.1, 0.15) is 11.6 Å². The number of hydrogen-bond donors (Lipinski definition) is 2. The van der Waals surface area contributed by atoms with Crippen molar-refractivity contribution in [2.24, 2.45) is 0 Å². The Labute approximate surface area is 129 Å². The molecule has 0 aliphatic carbocycles. The minimum absolute atomic E-state index is 0.0673. The molecule has 0 bridgehead atoms. The second-order valence-corrected chi connectivity index (χ2v) is 6.36. The molecule has 2 rings (SSSR count). The first-order chi connectivity index (χ1) is 10.1. The maximum atomic E-state index is 13.8. The van der Waals surface area contributed by atoms with E-state index in [0.717, 1.165) is 0 Å². The Kier molecular flexibility index (Phi) is 4.34. The van der Waals surface area contributed by atoms with Crippen molar-refractivity contribution in [2.75, 3.05) is 12.3 Å². The Bertz CT molecular complexity index is 601. The predicted molar refractivity (Wildman–Crippen MR) is 81.9 cm³/mol. The van der Waals surface area contributed by atoms with Gasteiger partial charge in [-0.3, -0.25) is 0 Å². The molecule has 22 heavy (non-hydrogen) atoms. The van der Waals surface area contributed by atoms with Gasteiger partial charge in [0.15, 0.2) is 0 Å². The normalized spacial score (nSPS) is 20.5. The van der Waals surface area contributed by atoms with Crippen LogP contribution in [0, 0.1) is 11.6 Å². The van der Waals surface area contributed by atoms with Crippen molar-refractivity contribution >= 4 is 18.9 Å². The van der Waals surface area contributed by atoms with E-state index in [2.05, 4.69) is 0 Å². The van der Waals surface area contributed by atoms with Crippen molar-refractivity contribution < 1.29 is 23.2 Å². The Morgan fingerprint density at radius 1 is 1.18 bits per heavy atom. The first-order valence-electron chi connectivity index (χ1n) is 6.99. The van der Waals surface area contributed by atoms with Crippen LogP contribution in [0.3, 0.4) is 0 Å². The molecule has 1 aliphatic heterocycles. The molecule has 0 radical (unpaired) electrons. The van der Waals surface area contributed by atoms with Crippen molar-refractivity contribution in [3.05, 3.63) is 34.8 Å². The molecule has 0 atom stereocenters. The number of anilines is 1. The fourth-order valence-electron chi connectivity index (χ4n) is 2.08. The van der Waals surface area contributed by atoms with Crippen molar-refractivity contribution in [1.29, 1.82) is 0 Å². The van der Waals surface area contributed by atoms with Gasteiger partial charge in [-0.25, -0.2) is 8.78 Å². The molecule has 0 spiro atoms. The summed E-state index contributed by atoms with van der Waals surface area (Å²) in [6, 6.07) is 1.88. The van der Waals surface area contributed by atoms with Crippen molar-refractivity contribution in [2.45, 2.75) is 38.9 Å². The molecule has 1 fully saturated rings. The number of rotatable bonds is 3. The standard InChI is InChI=1S/C15H20BF2NO3/c1-14(2)15(3,4)22-16(21-14)10(8-20)5-9-6-13(19)12(18)7-11(9)17/h5-7,20H,8,19H2,1-4H3. The Hall–Kier alpha value is -1.44. The van der Waals surface area contributed by atoms with Crippen LogP contribution < -0.4 is 5.73 Å². The molecular formula is C15H20BF2NO3. The van der Waals surface area contributed by atoms with Crippen LogP contribution in [0.4, 0.5) is 14.5 Å². The van der Waals surface area contributed by atoms with Gasteiger partial charge in [-0.15, -0.1) is 0 Å². The number of benzene rings is 1. The molecule has 1 aromatic rings. The van der Waals surface area contributed by atoms with Gasteiger partial charge in [-0.05, 0) is 39.2 Å². The molecule has 1 aliphatic rings. The van der Waals surface area contributed by atoms with Crippen LogP contribution in [-0.2, 0) is 9.31 Å². The molecule has 3 N–H and O–H groups in total. The third-order valence-electron chi connectivity index (χ3n) is 4.20. The third-order valence-corrected chi connectivity index (χ3v) is 4.20. The highest BCUT2D eigenvalue weighted by atomic mass is 19.1. The zero-order valence-electron chi connectivity index (χ0n) is 13.1. The van der Waals surface area contributed by atoms with E-state index in [9.17, 15) is 13.9 Å². The van der Waals surface area contributed by atoms with Gasteiger partial charge < -0.3 is 20.1 Å². The van der Waals surface area contributed by atoms with Gasteiger partial charge in [-0.1, -0.05) is 6.08 Å². The third kappa shape index (κ3) is 3.02. The highest BCUT2D eigenvalue weighted by Gasteiger charge is 2.52. The summed E-state index contributed by atoms with van der Waals surface area (Å²) in [5, 5.41) is 9.55. The maximum absolute atomic E-state index is 13.8. The maximum Gasteiger partial charge on any atom is 0.492 e. The van der Waals surface area contributed by atoms with E-state index in [0.29, 0.717) is 11.5 Å². The number of aliphatic hydroxyl groups excluding tert-OH is 1. The van der Waals surface area contributed by atoms with Crippen LogP contribution in [0.1, 0.15) is 33.3 Å². The predicted octanol–water partition coefficient (Wildman–Crippen LogP) is 2.55. The van der Waals surface area contributed by atoms with Gasteiger partial charge in [0.2, 0.25) is 0 Å². The average Bonchev–Trinajstić information content (AvgIpc) is 2.61. The van der Waals surface area contributed by atoms with E-state index in [1.54, 1.807) is 0 Å². The van der Waals surface area contributed by atoms with Crippen LogP contribution in [0.2, 0.25) is 0 Å². The smallest absolute Gasteiger partial charge is 0.400 e. The van der Waals surface area contributed by atoms with Gasteiger partial charge in [0, 0.05) is 11.6 Å². The minimum atomic E-state index is -0.823. The van der Waals surface area contributed by atoms with Crippen molar-refractivity contribution in [3.8, 4) is 0 Å². The summed E-state index contributed by atoms with van der Waals surface area (Å²) in [5.41, 5.74) is 4.53. The Balaban J connectivity index is 2.36. The van der Waals surface area contributed by atoms with E-state index in [1.807, 2.05) is 27.7 Å². The quantitative estimate of drug-likeness (QED) is 0.665. The zero-order chi connectivity index (χ0) is 16.7. The summed E-state index contributed by atoms with van der Waals surface area (Å²) in [6.07, 6.45) is 1.37. The summed E-state index contributed by atoms with van der Waals surface area (Å²) in [6.45, 7) is 7.11. The van der Waals surface area contributed by atoms with Crippen LogP contribution >= 0.6 is 0 Å². The molecule has 7 heteroatoms. The lowest BCUT2D eigenvalue weighted by Gasteiger charge is -2.32. The van der Waals surface area contributed by atoms with Crippen LogP contribution in [0.15, 0.2) is 17.6 Å². The summed E-state index contributed by atoms with van der Waals surface area (Å²) in [5.74, 6) is -1.59. The van der Waals surface area contributed by atoms with E-state index in [1.165, 1.54) is 12.1 Å². The van der Waals surface area contributed by atoms with Crippen molar-refractivity contribution in [3.63, 3.8) is 0 Å². The minimum Gasteiger partial charge on any atom is -0.400 e. The fourth-order valence-corrected chi connectivity index (χ4v) is 2.08. The number of halogens is 2. The molecule has 0 unspecified atom stereocenters. The highest BCUT2D eigenvalue weighted by molar-refractivity contribution is 6.55. The second kappa shape index (κ2) is 5.64. The molecular weight excluding hydrogens is 291 g/mol. The lowest BCUT2D eigenvalue weighted by atomic mass is 9.77. The number of aliphatic hydroxyl groups is 1. The molecule has 0 saturated carbocycles. The van der Waals surface area contributed by atoms with Gasteiger partial charge in [0.25, 0.3) is 0 Å². The molecule has 1 aromatic carbocycles. The van der Waals surface area contributed by atoms with Gasteiger partial charge in [-0.2, -0.15) is 0 Å². The average molecular weight is 311 g/mol. The highest BCUT2D eigenvalue weighted by Crippen LogP contribution is 2.38. The fraction of sp³-hybridized carbons (Fsp3) is 0.467. The second-order valence-electron chi connectivity index (χ2n) is 6.36. The van der Waals surface area contributed by atoms with Gasteiger partial charge in [0.05, 0.1) is 23.5 Å². The van der Waals surface area contributed by atoms with Crippen LogP contribution in [-0.4, -0.2) is 30.0 Å². The van der Waals surface area contributed by atoms with Crippen LogP contribution in [0.25, 0.3) is 6.08 Å². The topological polar surface area (TPSA) is 64.7 Å². The number of nitrogens with two attached hydrogens (primary N) is 1. The van der Waals surface area contributed by atoms with E-state index in [4.69, 9.17) is 15.0 Å². The molecule has 1 saturated heterocycles. The lowest BCUT2D eigenvalue weighted by Crippen LogP contribution is -2.41. The van der Waals surface area contributed by atoms with Gasteiger partial charge >= 0.3 is 7.12 Å². The molecule has 0 amide bonds. The zero-order valence-corrected chi connectivity index (χ0v) is 13.1. The molecule has 1 heterocycles. The SMILES string of the molecule is CC1(C)OB(C(=Cc2cc(N)c(F)cc2F)CO)OC1(C)C.